The Morgan fingerprint density at radius 3 is 2.53 bits per heavy atom. The first-order chi connectivity index (χ1) is 9.00. The Morgan fingerprint density at radius 1 is 1.32 bits per heavy atom. The summed E-state index contributed by atoms with van der Waals surface area (Å²) in [4.78, 5) is 11.5. The maximum Gasteiger partial charge on any atom is 0.161 e. The van der Waals surface area contributed by atoms with Crippen LogP contribution in [-0.2, 0) is 16.8 Å². The number of hydrogen-bond donors (Lipinski definition) is 1. The zero-order chi connectivity index (χ0) is 14.0. The molecule has 104 valence electrons. The topological polar surface area (TPSA) is 47.6 Å². The summed E-state index contributed by atoms with van der Waals surface area (Å²) < 4.78 is 10.7. The van der Waals surface area contributed by atoms with Gasteiger partial charge in [0.05, 0.1) is 14.2 Å². The van der Waals surface area contributed by atoms with Crippen molar-refractivity contribution in [3.8, 4) is 11.5 Å². The van der Waals surface area contributed by atoms with Gasteiger partial charge in [0.25, 0.3) is 0 Å². The number of benzene rings is 1. The molecule has 4 nitrogen and oxygen atoms in total. The fourth-order valence-corrected chi connectivity index (χ4v) is 2.87. The smallest absolute Gasteiger partial charge is 0.161 e. The van der Waals surface area contributed by atoms with Crippen molar-refractivity contribution in [2.75, 3.05) is 20.8 Å². The second-order valence-electron chi connectivity index (χ2n) is 5.25. The molecule has 0 saturated carbocycles. The molecule has 1 aliphatic rings. The van der Waals surface area contributed by atoms with Crippen molar-refractivity contribution in [1.29, 1.82) is 0 Å². The van der Waals surface area contributed by atoms with Crippen LogP contribution in [0.2, 0.25) is 0 Å². The van der Waals surface area contributed by atoms with Gasteiger partial charge >= 0.3 is 0 Å². The van der Waals surface area contributed by atoms with Crippen LogP contribution in [0.15, 0.2) is 12.1 Å². The molecule has 0 amide bonds. The van der Waals surface area contributed by atoms with Crippen LogP contribution in [0.25, 0.3) is 0 Å². The average molecular weight is 263 g/mol. The zero-order valence-corrected chi connectivity index (χ0v) is 12.0. The highest BCUT2D eigenvalue weighted by atomic mass is 16.5. The van der Waals surface area contributed by atoms with Gasteiger partial charge in [-0.1, -0.05) is 0 Å². The molecule has 4 heteroatoms. The normalized spacial score (nSPS) is 21.7. The number of Topliss-reactive ketones (excluding diaryl/α,β-unsaturated/α-hetero) is 1. The lowest BCUT2D eigenvalue weighted by molar-refractivity contribution is -0.118. The Balaban J connectivity index is 2.51. The summed E-state index contributed by atoms with van der Waals surface area (Å²) >= 11 is 0. The van der Waals surface area contributed by atoms with Gasteiger partial charge in [0.15, 0.2) is 11.5 Å². The molecule has 0 fully saturated rings. The van der Waals surface area contributed by atoms with Gasteiger partial charge in [-0.15, -0.1) is 0 Å². The maximum atomic E-state index is 11.5. The molecule has 1 heterocycles. The first kappa shape index (κ1) is 13.9. The number of methoxy groups -OCH3 is 2. The monoisotopic (exact) mass is 263 g/mol. The third-order valence-corrected chi connectivity index (χ3v) is 3.72. The van der Waals surface area contributed by atoms with Gasteiger partial charge in [-0.3, -0.25) is 4.79 Å². The van der Waals surface area contributed by atoms with E-state index in [-0.39, 0.29) is 11.3 Å². The largest absolute Gasteiger partial charge is 0.493 e. The predicted octanol–water partition coefficient (Wildman–Crippen LogP) is 2.04. The summed E-state index contributed by atoms with van der Waals surface area (Å²) in [5.74, 6) is 1.63. The molecule has 0 saturated heterocycles. The zero-order valence-electron chi connectivity index (χ0n) is 12.0. The standard InChI is InChI=1S/C15H21NO3/c1-10(17)9-15(2)12-8-14(19-4)13(18-3)7-11(12)5-6-16-15/h7-8,16H,5-6,9H2,1-4H3. The Bertz CT molecular complexity index is 498. The fourth-order valence-electron chi connectivity index (χ4n) is 2.87. The minimum absolute atomic E-state index is 0.178. The molecular weight excluding hydrogens is 242 g/mol. The highest BCUT2D eigenvalue weighted by molar-refractivity contribution is 5.77. The van der Waals surface area contributed by atoms with Gasteiger partial charge in [-0.05, 0) is 43.5 Å². The summed E-state index contributed by atoms with van der Waals surface area (Å²) in [6, 6.07) is 4.01. The highest BCUT2D eigenvalue weighted by Gasteiger charge is 2.34. The number of rotatable bonds is 4. The van der Waals surface area contributed by atoms with Gasteiger partial charge in [0, 0.05) is 18.5 Å². The van der Waals surface area contributed by atoms with Crippen molar-refractivity contribution in [3.05, 3.63) is 23.3 Å². The van der Waals surface area contributed by atoms with E-state index >= 15 is 0 Å². The number of ketones is 1. The molecule has 1 N–H and O–H groups in total. The Morgan fingerprint density at radius 2 is 1.95 bits per heavy atom. The van der Waals surface area contributed by atoms with E-state index in [4.69, 9.17) is 9.47 Å². The summed E-state index contributed by atoms with van der Waals surface area (Å²) in [5, 5.41) is 3.45. The molecule has 1 atom stereocenters. The molecule has 1 unspecified atom stereocenters. The summed E-state index contributed by atoms with van der Waals surface area (Å²) in [5.41, 5.74) is 2.03. The third kappa shape index (κ3) is 2.59. The van der Waals surface area contributed by atoms with Crippen LogP contribution in [0, 0.1) is 0 Å². The van der Waals surface area contributed by atoms with Crippen molar-refractivity contribution in [2.45, 2.75) is 32.2 Å². The lowest BCUT2D eigenvalue weighted by Gasteiger charge is -2.37. The quantitative estimate of drug-likeness (QED) is 0.903. The second-order valence-corrected chi connectivity index (χ2v) is 5.25. The van der Waals surface area contributed by atoms with E-state index in [2.05, 4.69) is 12.2 Å². The van der Waals surface area contributed by atoms with Crippen molar-refractivity contribution in [1.82, 2.24) is 5.32 Å². The molecule has 1 aromatic rings. The molecule has 1 aromatic carbocycles. The van der Waals surface area contributed by atoms with E-state index in [0.717, 1.165) is 24.3 Å². The van der Waals surface area contributed by atoms with E-state index in [0.29, 0.717) is 12.2 Å². The van der Waals surface area contributed by atoms with Crippen molar-refractivity contribution in [2.24, 2.45) is 0 Å². The van der Waals surface area contributed by atoms with E-state index in [1.54, 1.807) is 21.1 Å². The van der Waals surface area contributed by atoms with Gasteiger partial charge in [-0.2, -0.15) is 0 Å². The molecule has 0 radical (unpaired) electrons. The van der Waals surface area contributed by atoms with E-state index in [1.165, 1.54) is 5.56 Å². The molecule has 0 aliphatic carbocycles. The summed E-state index contributed by atoms with van der Waals surface area (Å²) in [7, 11) is 3.27. The van der Waals surface area contributed by atoms with Crippen LogP contribution in [0.5, 0.6) is 11.5 Å². The van der Waals surface area contributed by atoms with Gasteiger partial charge in [0.1, 0.15) is 5.78 Å². The van der Waals surface area contributed by atoms with Crippen molar-refractivity contribution < 1.29 is 14.3 Å². The molecule has 0 aromatic heterocycles. The minimum Gasteiger partial charge on any atom is -0.493 e. The van der Waals surface area contributed by atoms with Crippen LogP contribution < -0.4 is 14.8 Å². The van der Waals surface area contributed by atoms with E-state index in [9.17, 15) is 4.79 Å². The minimum atomic E-state index is -0.320. The fraction of sp³-hybridized carbons (Fsp3) is 0.533. The van der Waals surface area contributed by atoms with Crippen LogP contribution in [0.4, 0.5) is 0 Å². The van der Waals surface area contributed by atoms with Crippen LogP contribution in [0.3, 0.4) is 0 Å². The van der Waals surface area contributed by atoms with Gasteiger partial charge < -0.3 is 14.8 Å². The lowest BCUT2D eigenvalue weighted by atomic mass is 9.80. The maximum absolute atomic E-state index is 11.5. The highest BCUT2D eigenvalue weighted by Crippen LogP contribution is 2.38. The third-order valence-electron chi connectivity index (χ3n) is 3.72. The number of carbonyl (C=O) groups is 1. The number of fused-ring (bicyclic) bond motifs is 1. The first-order valence-electron chi connectivity index (χ1n) is 6.50. The van der Waals surface area contributed by atoms with E-state index in [1.807, 2.05) is 12.1 Å². The number of hydrogen-bond acceptors (Lipinski definition) is 4. The molecule has 0 spiro atoms. The number of nitrogens with one attached hydrogen (secondary N) is 1. The molecule has 0 bridgehead atoms. The SMILES string of the molecule is COc1cc2c(cc1OC)C(C)(CC(C)=O)NCC2. The predicted molar refractivity (Wildman–Crippen MR) is 73.9 cm³/mol. The van der Waals surface area contributed by atoms with Crippen molar-refractivity contribution >= 4 is 5.78 Å². The van der Waals surface area contributed by atoms with Crippen LogP contribution >= 0.6 is 0 Å². The molecule has 19 heavy (non-hydrogen) atoms. The molecule has 1 aliphatic heterocycles. The molecule has 2 rings (SSSR count). The Labute approximate surface area is 114 Å². The summed E-state index contributed by atoms with van der Waals surface area (Å²) in [6.07, 6.45) is 1.42. The van der Waals surface area contributed by atoms with Crippen molar-refractivity contribution in [3.63, 3.8) is 0 Å². The Hall–Kier alpha value is -1.55. The number of ether oxygens (including phenoxy) is 2. The molecular formula is C15H21NO3. The summed E-state index contributed by atoms with van der Waals surface area (Å²) in [6.45, 7) is 4.56. The lowest BCUT2D eigenvalue weighted by Crippen LogP contribution is -2.46. The van der Waals surface area contributed by atoms with E-state index < -0.39 is 0 Å². The van der Waals surface area contributed by atoms with Gasteiger partial charge in [0.2, 0.25) is 0 Å². The van der Waals surface area contributed by atoms with Crippen LogP contribution in [-0.4, -0.2) is 26.5 Å². The van der Waals surface area contributed by atoms with Gasteiger partial charge in [-0.25, -0.2) is 0 Å². The average Bonchev–Trinajstić information content (AvgIpc) is 2.36. The first-order valence-corrected chi connectivity index (χ1v) is 6.50. The Kier molecular flexibility index (Phi) is 3.80. The van der Waals surface area contributed by atoms with Crippen LogP contribution in [0.1, 0.15) is 31.4 Å². The second kappa shape index (κ2) is 5.21. The number of carbonyl (C=O) groups excluding carboxylic acids is 1.